The summed E-state index contributed by atoms with van der Waals surface area (Å²) in [6, 6.07) is 8.22. The fourth-order valence-corrected chi connectivity index (χ4v) is 2.87. The van der Waals surface area contributed by atoms with Gasteiger partial charge in [0, 0.05) is 20.1 Å². The Kier molecular flexibility index (Phi) is 6.85. The molecule has 1 heterocycles. The van der Waals surface area contributed by atoms with E-state index in [1.807, 2.05) is 24.1 Å². The van der Waals surface area contributed by atoms with Crippen LogP contribution in [0.3, 0.4) is 0 Å². The molecule has 1 amide bonds. The number of aryl methyl sites for hydroxylation is 1. The van der Waals surface area contributed by atoms with Gasteiger partial charge in [0.2, 0.25) is 5.91 Å². The van der Waals surface area contributed by atoms with Crippen molar-refractivity contribution in [3.05, 3.63) is 35.4 Å². The van der Waals surface area contributed by atoms with Gasteiger partial charge in [0.1, 0.15) is 0 Å². The van der Waals surface area contributed by atoms with Crippen molar-refractivity contribution in [1.82, 2.24) is 9.80 Å². The Bertz CT molecular complexity index is 508. The largest absolute Gasteiger partial charge is 0.340 e. The van der Waals surface area contributed by atoms with Crippen LogP contribution < -0.4 is 5.73 Å². The second-order valence-electron chi connectivity index (χ2n) is 6.65. The Balaban J connectivity index is 0.00000242. The van der Waals surface area contributed by atoms with Gasteiger partial charge < -0.3 is 10.6 Å². The number of halogens is 1. The van der Waals surface area contributed by atoms with Crippen LogP contribution in [0.1, 0.15) is 24.5 Å². The summed E-state index contributed by atoms with van der Waals surface area (Å²) in [5.41, 5.74) is 8.43. The van der Waals surface area contributed by atoms with Gasteiger partial charge in [-0.15, -0.1) is 12.4 Å². The predicted octanol–water partition coefficient (Wildman–Crippen LogP) is 2.05. The smallest absolute Gasteiger partial charge is 0.236 e. The van der Waals surface area contributed by atoms with Crippen molar-refractivity contribution in [3.8, 4) is 0 Å². The lowest BCUT2D eigenvalue weighted by atomic mass is 9.90. The van der Waals surface area contributed by atoms with E-state index in [9.17, 15) is 4.79 Å². The number of carbonyl (C=O) groups excluding carboxylic acids is 1. The highest BCUT2D eigenvalue weighted by Gasteiger charge is 2.33. The van der Waals surface area contributed by atoms with Gasteiger partial charge >= 0.3 is 0 Å². The first-order chi connectivity index (χ1) is 9.93. The lowest BCUT2D eigenvalue weighted by Gasteiger charge is -2.24. The molecular weight excluding hydrogens is 298 g/mol. The zero-order chi connectivity index (χ0) is 15.5. The molecule has 1 aliphatic heterocycles. The molecule has 22 heavy (non-hydrogen) atoms. The third-order valence-corrected chi connectivity index (χ3v) is 4.58. The number of benzene rings is 1. The van der Waals surface area contributed by atoms with Crippen LogP contribution in [0, 0.1) is 12.3 Å². The van der Waals surface area contributed by atoms with Gasteiger partial charge in [0.05, 0.1) is 6.54 Å². The lowest BCUT2D eigenvalue weighted by Crippen LogP contribution is -2.39. The third kappa shape index (κ3) is 4.70. The Morgan fingerprint density at radius 2 is 2.09 bits per heavy atom. The summed E-state index contributed by atoms with van der Waals surface area (Å²) in [7, 11) is 1.88. The van der Waals surface area contributed by atoms with E-state index in [1.54, 1.807) is 0 Å². The van der Waals surface area contributed by atoms with Crippen molar-refractivity contribution < 1.29 is 4.79 Å². The van der Waals surface area contributed by atoms with Crippen molar-refractivity contribution in [2.24, 2.45) is 11.1 Å². The van der Waals surface area contributed by atoms with E-state index in [1.165, 1.54) is 11.1 Å². The van der Waals surface area contributed by atoms with E-state index < -0.39 is 0 Å². The minimum atomic E-state index is 0. The van der Waals surface area contributed by atoms with Gasteiger partial charge in [-0.1, -0.05) is 31.2 Å². The number of nitrogens with two attached hydrogens (primary N) is 1. The standard InChI is InChI=1S/C17H27N3O.ClH/c1-14-6-4-5-7-15(14)10-19(3)16(21)11-20-9-8-17(2,12-18)13-20;/h4-7H,8-13,18H2,1-3H3;1H. The number of amides is 1. The number of carbonyl (C=O) groups is 1. The molecular formula is C17H28ClN3O. The molecule has 1 fully saturated rings. The number of likely N-dealkylation sites (N-methyl/N-ethyl adjacent to an activating group) is 1. The highest BCUT2D eigenvalue weighted by atomic mass is 35.5. The van der Waals surface area contributed by atoms with Gasteiger partial charge in [0.25, 0.3) is 0 Å². The molecule has 5 heteroatoms. The predicted molar refractivity (Wildman–Crippen MR) is 93.1 cm³/mol. The number of likely N-dealkylation sites (tertiary alicyclic amines) is 1. The van der Waals surface area contributed by atoms with Crippen LogP contribution in [-0.2, 0) is 11.3 Å². The van der Waals surface area contributed by atoms with E-state index in [2.05, 4.69) is 30.9 Å². The molecule has 2 rings (SSSR count). The lowest BCUT2D eigenvalue weighted by molar-refractivity contribution is -0.131. The van der Waals surface area contributed by atoms with E-state index in [0.717, 1.165) is 19.5 Å². The van der Waals surface area contributed by atoms with Crippen LogP contribution in [0.2, 0.25) is 0 Å². The van der Waals surface area contributed by atoms with Crippen LogP contribution in [0.25, 0.3) is 0 Å². The SMILES string of the molecule is Cc1ccccc1CN(C)C(=O)CN1CCC(C)(CN)C1.Cl. The maximum atomic E-state index is 12.4. The van der Waals surface area contributed by atoms with E-state index in [4.69, 9.17) is 5.73 Å². The molecule has 1 unspecified atom stereocenters. The third-order valence-electron chi connectivity index (χ3n) is 4.58. The van der Waals surface area contributed by atoms with Crippen LogP contribution >= 0.6 is 12.4 Å². The molecule has 1 aromatic carbocycles. The summed E-state index contributed by atoms with van der Waals surface area (Å²) >= 11 is 0. The van der Waals surface area contributed by atoms with Crippen molar-refractivity contribution in [3.63, 3.8) is 0 Å². The summed E-state index contributed by atoms with van der Waals surface area (Å²) in [5.74, 6) is 0.180. The molecule has 1 saturated heterocycles. The monoisotopic (exact) mass is 325 g/mol. The van der Waals surface area contributed by atoms with Crippen molar-refractivity contribution in [2.45, 2.75) is 26.8 Å². The number of hydrogen-bond donors (Lipinski definition) is 1. The fraction of sp³-hybridized carbons (Fsp3) is 0.588. The van der Waals surface area contributed by atoms with Crippen LogP contribution in [-0.4, -0.2) is 48.9 Å². The second-order valence-corrected chi connectivity index (χ2v) is 6.65. The topological polar surface area (TPSA) is 49.6 Å². The molecule has 1 aliphatic rings. The molecule has 4 nitrogen and oxygen atoms in total. The zero-order valence-electron chi connectivity index (χ0n) is 13.8. The van der Waals surface area contributed by atoms with Gasteiger partial charge in [-0.3, -0.25) is 9.69 Å². The van der Waals surface area contributed by atoms with Gasteiger partial charge in [-0.25, -0.2) is 0 Å². The molecule has 0 aromatic heterocycles. The maximum absolute atomic E-state index is 12.4. The molecule has 2 N–H and O–H groups in total. The summed E-state index contributed by atoms with van der Waals surface area (Å²) in [6.45, 7) is 8.04. The van der Waals surface area contributed by atoms with E-state index in [-0.39, 0.29) is 23.7 Å². The summed E-state index contributed by atoms with van der Waals surface area (Å²) in [5, 5.41) is 0. The highest BCUT2D eigenvalue weighted by Crippen LogP contribution is 2.28. The fourth-order valence-electron chi connectivity index (χ4n) is 2.87. The quantitative estimate of drug-likeness (QED) is 0.901. The summed E-state index contributed by atoms with van der Waals surface area (Å²) in [4.78, 5) is 16.4. The molecule has 0 spiro atoms. The van der Waals surface area contributed by atoms with Crippen molar-refractivity contribution in [2.75, 3.05) is 33.2 Å². The molecule has 1 atom stereocenters. The average molecular weight is 326 g/mol. The number of hydrogen-bond acceptors (Lipinski definition) is 3. The number of rotatable bonds is 5. The van der Waals surface area contributed by atoms with Crippen LogP contribution in [0.15, 0.2) is 24.3 Å². The first kappa shape index (κ1) is 18.9. The second kappa shape index (κ2) is 7.95. The normalized spacial score (nSPS) is 21.5. The molecule has 0 saturated carbocycles. The van der Waals surface area contributed by atoms with Crippen LogP contribution in [0.5, 0.6) is 0 Å². The first-order valence-electron chi connectivity index (χ1n) is 7.64. The Morgan fingerprint density at radius 1 is 1.41 bits per heavy atom. The van der Waals surface area contributed by atoms with Crippen LogP contribution in [0.4, 0.5) is 0 Å². The van der Waals surface area contributed by atoms with Crippen molar-refractivity contribution in [1.29, 1.82) is 0 Å². The first-order valence-corrected chi connectivity index (χ1v) is 7.64. The molecule has 1 aromatic rings. The molecule has 124 valence electrons. The van der Waals surface area contributed by atoms with Gasteiger partial charge in [-0.05, 0) is 43.0 Å². The zero-order valence-corrected chi connectivity index (χ0v) is 14.7. The minimum absolute atomic E-state index is 0. The van der Waals surface area contributed by atoms with E-state index in [0.29, 0.717) is 19.6 Å². The van der Waals surface area contributed by atoms with Gasteiger partial charge in [0.15, 0.2) is 0 Å². The Hall–Kier alpha value is -1.10. The minimum Gasteiger partial charge on any atom is -0.340 e. The van der Waals surface area contributed by atoms with E-state index >= 15 is 0 Å². The van der Waals surface area contributed by atoms with Crippen molar-refractivity contribution >= 4 is 18.3 Å². The molecule has 0 aliphatic carbocycles. The Morgan fingerprint density at radius 3 is 2.68 bits per heavy atom. The summed E-state index contributed by atoms with van der Waals surface area (Å²) < 4.78 is 0. The maximum Gasteiger partial charge on any atom is 0.236 e. The average Bonchev–Trinajstić information content (AvgIpc) is 2.83. The molecule has 0 bridgehead atoms. The number of nitrogens with zero attached hydrogens (tertiary/aromatic N) is 2. The summed E-state index contributed by atoms with van der Waals surface area (Å²) in [6.07, 6.45) is 1.08. The Labute approximate surface area is 140 Å². The van der Waals surface area contributed by atoms with Gasteiger partial charge in [-0.2, -0.15) is 0 Å². The molecule has 0 radical (unpaired) electrons. The highest BCUT2D eigenvalue weighted by molar-refractivity contribution is 5.85.